The van der Waals surface area contributed by atoms with Gasteiger partial charge in [-0.1, -0.05) is 12.1 Å². The monoisotopic (exact) mass is 261 g/mol. The number of fused-ring (bicyclic) bond motifs is 1. The van der Waals surface area contributed by atoms with Gasteiger partial charge in [-0.05, 0) is 37.6 Å². The van der Waals surface area contributed by atoms with Crippen molar-refractivity contribution in [2.24, 2.45) is 11.7 Å². The normalized spacial score (nSPS) is 26.7. The highest BCUT2D eigenvalue weighted by molar-refractivity contribution is 5.96. The van der Waals surface area contributed by atoms with E-state index in [0.717, 1.165) is 30.0 Å². The van der Waals surface area contributed by atoms with Gasteiger partial charge in [0.05, 0.1) is 5.69 Å². The highest BCUT2D eigenvalue weighted by Gasteiger charge is 2.33. The predicted octanol–water partition coefficient (Wildman–Crippen LogP) is 0.969. The molecule has 1 aromatic rings. The third-order valence-corrected chi connectivity index (χ3v) is 4.01. The maximum absolute atomic E-state index is 11.5. The van der Waals surface area contributed by atoms with Crippen LogP contribution in [0, 0.1) is 5.92 Å². The van der Waals surface area contributed by atoms with Crippen molar-refractivity contribution in [1.82, 2.24) is 4.90 Å². The molecule has 5 heteroatoms. The Morgan fingerprint density at radius 2 is 2.37 bits per heavy atom. The van der Waals surface area contributed by atoms with Crippen LogP contribution in [0.15, 0.2) is 18.2 Å². The summed E-state index contributed by atoms with van der Waals surface area (Å²) < 4.78 is 5.47. The molecule has 1 saturated heterocycles. The van der Waals surface area contributed by atoms with E-state index in [1.54, 1.807) is 0 Å². The summed E-state index contributed by atoms with van der Waals surface area (Å²) >= 11 is 0. The van der Waals surface area contributed by atoms with Crippen molar-refractivity contribution in [3.8, 4) is 5.75 Å². The molecule has 0 aliphatic carbocycles. The molecule has 2 atom stereocenters. The number of ether oxygens (including phenoxy) is 1. The fourth-order valence-electron chi connectivity index (χ4n) is 3.04. The van der Waals surface area contributed by atoms with Crippen LogP contribution in [-0.2, 0) is 4.79 Å². The molecule has 0 spiro atoms. The van der Waals surface area contributed by atoms with Crippen molar-refractivity contribution in [3.05, 3.63) is 23.8 Å². The third-order valence-electron chi connectivity index (χ3n) is 4.01. The number of nitrogens with zero attached hydrogens (tertiary/aromatic N) is 1. The van der Waals surface area contributed by atoms with Gasteiger partial charge in [-0.2, -0.15) is 0 Å². The number of likely N-dealkylation sites (tertiary alicyclic amines) is 1. The molecule has 0 radical (unpaired) electrons. The number of benzene rings is 1. The van der Waals surface area contributed by atoms with Crippen LogP contribution in [-0.4, -0.2) is 37.6 Å². The maximum atomic E-state index is 11.5. The molecule has 3 N–H and O–H groups in total. The second kappa shape index (κ2) is 4.83. The van der Waals surface area contributed by atoms with Crippen LogP contribution >= 0.6 is 0 Å². The molecule has 1 fully saturated rings. The Bertz CT molecular complexity index is 503. The van der Waals surface area contributed by atoms with Gasteiger partial charge in [0, 0.05) is 12.6 Å². The lowest BCUT2D eigenvalue weighted by atomic mass is 9.97. The molecule has 2 aliphatic rings. The topological polar surface area (TPSA) is 67.6 Å². The molecule has 102 valence electrons. The Morgan fingerprint density at radius 3 is 3.11 bits per heavy atom. The van der Waals surface area contributed by atoms with Crippen molar-refractivity contribution < 1.29 is 9.53 Å². The number of amides is 1. The fraction of sp³-hybridized carbons (Fsp3) is 0.500. The van der Waals surface area contributed by atoms with Crippen LogP contribution in [0.2, 0.25) is 0 Å². The first kappa shape index (κ1) is 12.4. The molecular weight excluding hydrogens is 242 g/mol. The summed E-state index contributed by atoms with van der Waals surface area (Å²) in [7, 11) is 2.10. The first-order valence-electron chi connectivity index (χ1n) is 6.65. The highest BCUT2D eigenvalue weighted by atomic mass is 16.5. The number of nitrogens with two attached hydrogens (primary N) is 1. The summed E-state index contributed by atoms with van der Waals surface area (Å²) in [5, 5.41) is 2.94. The Morgan fingerprint density at radius 1 is 1.53 bits per heavy atom. The summed E-state index contributed by atoms with van der Waals surface area (Å²) in [4.78, 5) is 13.8. The molecule has 2 heterocycles. The van der Waals surface area contributed by atoms with E-state index in [2.05, 4.69) is 23.3 Å². The molecule has 2 aliphatic heterocycles. The molecule has 0 aromatic heterocycles. The van der Waals surface area contributed by atoms with E-state index in [-0.39, 0.29) is 12.5 Å². The molecule has 1 amide bonds. The van der Waals surface area contributed by atoms with E-state index in [1.807, 2.05) is 12.1 Å². The predicted molar refractivity (Wildman–Crippen MR) is 73.1 cm³/mol. The van der Waals surface area contributed by atoms with Gasteiger partial charge in [0.25, 0.3) is 5.91 Å². The molecule has 5 nitrogen and oxygen atoms in total. The highest BCUT2D eigenvalue weighted by Crippen LogP contribution is 2.41. The van der Waals surface area contributed by atoms with Crippen LogP contribution in [0.25, 0.3) is 0 Å². The lowest BCUT2D eigenvalue weighted by molar-refractivity contribution is -0.118. The SMILES string of the molecule is CN1CC(CN)CC1c1cccc2c1NC(=O)CO2. The van der Waals surface area contributed by atoms with Crippen LogP contribution in [0.4, 0.5) is 5.69 Å². The van der Waals surface area contributed by atoms with Gasteiger partial charge in [0.15, 0.2) is 6.61 Å². The van der Waals surface area contributed by atoms with E-state index in [9.17, 15) is 4.79 Å². The standard InChI is InChI=1S/C14H19N3O2/c1-17-7-9(6-15)5-11(17)10-3-2-4-12-14(10)16-13(18)8-19-12/h2-4,9,11H,5-8,15H2,1H3,(H,16,18). The van der Waals surface area contributed by atoms with E-state index >= 15 is 0 Å². The quantitative estimate of drug-likeness (QED) is 0.832. The van der Waals surface area contributed by atoms with Gasteiger partial charge >= 0.3 is 0 Å². The number of carbonyl (C=O) groups excluding carboxylic acids is 1. The third kappa shape index (κ3) is 2.19. The maximum Gasteiger partial charge on any atom is 0.262 e. The number of hydrogen-bond donors (Lipinski definition) is 2. The zero-order valence-corrected chi connectivity index (χ0v) is 11.1. The molecular formula is C14H19N3O2. The average molecular weight is 261 g/mol. The molecule has 3 rings (SSSR count). The lowest BCUT2D eigenvalue weighted by Crippen LogP contribution is -2.28. The Kier molecular flexibility index (Phi) is 3.16. The Labute approximate surface area is 112 Å². The second-order valence-corrected chi connectivity index (χ2v) is 5.35. The van der Waals surface area contributed by atoms with Gasteiger partial charge < -0.3 is 15.8 Å². The van der Waals surface area contributed by atoms with Crippen molar-refractivity contribution >= 4 is 11.6 Å². The van der Waals surface area contributed by atoms with Crippen LogP contribution in [0.1, 0.15) is 18.0 Å². The number of nitrogens with one attached hydrogen (secondary N) is 1. The molecule has 0 saturated carbocycles. The molecule has 0 bridgehead atoms. The molecule has 19 heavy (non-hydrogen) atoms. The lowest BCUT2D eigenvalue weighted by Gasteiger charge is -2.26. The molecule has 1 aromatic carbocycles. The zero-order chi connectivity index (χ0) is 13.4. The number of hydrogen-bond acceptors (Lipinski definition) is 4. The Hall–Kier alpha value is -1.59. The van der Waals surface area contributed by atoms with Crippen LogP contribution < -0.4 is 15.8 Å². The van der Waals surface area contributed by atoms with E-state index in [0.29, 0.717) is 18.5 Å². The van der Waals surface area contributed by atoms with Crippen LogP contribution in [0.3, 0.4) is 0 Å². The van der Waals surface area contributed by atoms with Gasteiger partial charge in [-0.3, -0.25) is 9.69 Å². The van der Waals surface area contributed by atoms with Gasteiger partial charge in [0.1, 0.15) is 5.75 Å². The number of anilines is 1. The van der Waals surface area contributed by atoms with Gasteiger partial charge in [0.2, 0.25) is 0 Å². The minimum absolute atomic E-state index is 0.0871. The Balaban J connectivity index is 1.95. The largest absolute Gasteiger partial charge is 0.482 e. The molecule has 2 unspecified atom stereocenters. The number of para-hydroxylation sites is 1. The van der Waals surface area contributed by atoms with Crippen molar-refractivity contribution in [2.75, 3.05) is 32.1 Å². The van der Waals surface area contributed by atoms with E-state index in [1.165, 1.54) is 0 Å². The second-order valence-electron chi connectivity index (χ2n) is 5.35. The van der Waals surface area contributed by atoms with E-state index in [4.69, 9.17) is 10.5 Å². The van der Waals surface area contributed by atoms with Crippen LogP contribution in [0.5, 0.6) is 5.75 Å². The summed E-state index contributed by atoms with van der Waals surface area (Å²) in [6.45, 7) is 1.81. The minimum atomic E-state index is -0.0871. The summed E-state index contributed by atoms with van der Waals surface area (Å²) in [5.41, 5.74) is 7.73. The smallest absolute Gasteiger partial charge is 0.262 e. The first-order chi connectivity index (χ1) is 9.19. The fourth-order valence-corrected chi connectivity index (χ4v) is 3.04. The summed E-state index contributed by atoms with van der Waals surface area (Å²) in [6, 6.07) is 6.24. The minimum Gasteiger partial charge on any atom is -0.482 e. The number of rotatable bonds is 2. The van der Waals surface area contributed by atoms with Crippen molar-refractivity contribution in [3.63, 3.8) is 0 Å². The van der Waals surface area contributed by atoms with Gasteiger partial charge in [-0.25, -0.2) is 0 Å². The summed E-state index contributed by atoms with van der Waals surface area (Å²) in [6.07, 6.45) is 1.03. The van der Waals surface area contributed by atoms with E-state index < -0.39 is 0 Å². The first-order valence-corrected chi connectivity index (χ1v) is 6.65. The zero-order valence-electron chi connectivity index (χ0n) is 11.1. The average Bonchev–Trinajstić information content (AvgIpc) is 2.79. The summed E-state index contributed by atoms with van der Waals surface area (Å²) in [5.74, 6) is 1.20. The van der Waals surface area contributed by atoms with Crippen molar-refractivity contribution in [2.45, 2.75) is 12.5 Å². The van der Waals surface area contributed by atoms with Crippen molar-refractivity contribution in [1.29, 1.82) is 0 Å². The number of carbonyl (C=O) groups is 1. The van der Waals surface area contributed by atoms with Gasteiger partial charge in [-0.15, -0.1) is 0 Å².